The predicted molar refractivity (Wildman–Crippen MR) is 49.2 cm³/mol. The van der Waals surface area contributed by atoms with Crippen LogP contribution in [0, 0.1) is 0 Å². The van der Waals surface area contributed by atoms with E-state index in [0.29, 0.717) is 0 Å². The van der Waals surface area contributed by atoms with Gasteiger partial charge in [-0.05, 0) is 6.92 Å². The van der Waals surface area contributed by atoms with E-state index >= 15 is 0 Å². The molecule has 2 heteroatoms. The fourth-order valence-corrected chi connectivity index (χ4v) is 0.438. The monoisotopic (exact) mass is 158 g/mol. The lowest BCUT2D eigenvalue weighted by molar-refractivity contribution is -1.03. The van der Waals surface area contributed by atoms with E-state index in [0.717, 1.165) is 10.6 Å². The van der Waals surface area contributed by atoms with Crippen LogP contribution in [0.25, 0.3) is 0 Å². The zero-order valence-corrected chi connectivity index (χ0v) is 8.27. The molecule has 66 valence electrons. The van der Waals surface area contributed by atoms with Gasteiger partial charge in [0, 0.05) is 5.57 Å². The molecule has 0 aromatic rings. The molecular weight excluding hydrogens is 138 g/mol. The Labute approximate surface area is 70.1 Å². The molecule has 0 spiro atoms. The molecule has 1 N–H and O–H groups in total. The van der Waals surface area contributed by atoms with Gasteiger partial charge >= 0.3 is 0 Å². The first-order valence-corrected chi connectivity index (χ1v) is 3.89. The Bertz CT molecular complexity index is 119. The molecule has 0 radical (unpaired) electrons. The summed E-state index contributed by atoms with van der Waals surface area (Å²) in [6, 6.07) is 0. The van der Waals surface area contributed by atoms with Crippen LogP contribution in [0.15, 0.2) is 24.4 Å². The topological polar surface area (TPSA) is 13.7 Å². The molecule has 1 unspecified atom stereocenters. The molecule has 0 bridgehead atoms. The maximum atomic E-state index is 4.92. The highest BCUT2D eigenvalue weighted by molar-refractivity contribution is 5.08. The molecule has 0 aromatic heterocycles. The highest BCUT2D eigenvalue weighted by Crippen LogP contribution is 1.85. The van der Waals surface area contributed by atoms with Crippen LogP contribution in [0.4, 0.5) is 0 Å². The molecular formula is C9H20NO+. The molecule has 0 aliphatic rings. The first kappa shape index (κ1) is 13.0. The Morgan fingerprint density at radius 3 is 2.18 bits per heavy atom. The Morgan fingerprint density at radius 2 is 1.91 bits per heavy atom. The van der Waals surface area contributed by atoms with Crippen molar-refractivity contribution < 1.29 is 9.90 Å². The molecule has 0 fully saturated rings. The van der Waals surface area contributed by atoms with Crippen molar-refractivity contribution in [2.45, 2.75) is 20.8 Å². The summed E-state index contributed by atoms with van der Waals surface area (Å²) in [6.45, 7) is 9.59. The highest BCUT2D eigenvalue weighted by Gasteiger charge is 1.91. The molecule has 0 saturated heterocycles. The van der Waals surface area contributed by atoms with Crippen LogP contribution in [0.1, 0.15) is 20.8 Å². The van der Waals surface area contributed by atoms with Gasteiger partial charge in [-0.3, -0.25) is 0 Å². The second-order valence-electron chi connectivity index (χ2n) is 1.91. The first-order chi connectivity index (χ1) is 5.20. The van der Waals surface area contributed by atoms with Gasteiger partial charge in [0.2, 0.25) is 0 Å². The Morgan fingerprint density at radius 1 is 1.45 bits per heavy atom. The number of allylic oxidation sites excluding steroid dienone is 2. The van der Waals surface area contributed by atoms with Crippen LogP contribution in [-0.2, 0) is 4.84 Å². The van der Waals surface area contributed by atoms with Crippen molar-refractivity contribution in [3.05, 3.63) is 24.4 Å². The quantitative estimate of drug-likeness (QED) is 0.481. The largest absolute Gasteiger partial charge is 0.203 e. The van der Waals surface area contributed by atoms with Gasteiger partial charge in [0.1, 0.15) is 13.2 Å². The fourth-order valence-electron chi connectivity index (χ4n) is 0.438. The third-order valence-corrected chi connectivity index (χ3v) is 1.07. The second-order valence-corrected chi connectivity index (χ2v) is 1.91. The summed E-state index contributed by atoms with van der Waals surface area (Å²) in [7, 11) is 3.56. The van der Waals surface area contributed by atoms with E-state index in [4.69, 9.17) is 4.84 Å². The number of hydrogen-bond acceptors (Lipinski definition) is 1. The van der Waals surface area contributed by atoms with Crippen molar-refractivity contribution in [3.8, 4) is 0 Å². The molecule has 0 rings (SSSR count). The summed E-state index contributed by atoms with van der Waals surface area (Å²) < 4.78 is 0. The molecule has 0 amide bonds. The van der Waals surface area contributed by atoms with E-state index in [2.05, 4.69) is 6.58 Å². The van der Waals surface area contributed by atoms with Crippen molar-refractivity contribution in [2.24, 2.45) is 0 Å². The molecule has 0 aliphatic carbocycles. The van der Waals surface area contributed by atoms with Crippen molar-refractivity contribution in [1.29, 1.82) is 0 Å². The van der Waals surface area contributed by atoms with Crippen molar-refractivity contribution in [2.75, 3.05) is 14.2 Å². The second kappa shape index (κ2) is 9.40. The van der Waals surface area contributed by atoms with Crippen LogP contribution in [-0.4, -0.2) is 14.2 Å². The normalized spacial score (nSPS) is 13.0. The summed E-state index contributed by atoms with van der Waals surface area (Å²) in [5, 5.41) is 0.910. The highest BCUT2D eigenvalue weighted by atomic mass is 16.7. The molecule has 0 heterocycles. The van der Waals surface area contributed by atoms with Crippen molar-refractivity contribution in [3.63, 3.8) is 0 Å². The van der Waals surface area contributed by atoms with Crippen molar-refractivity contribution >= 4 is 0 Å². The minimum Gasteiger partial charge on any atom is -0.203 e. The fraction of sp³-hybridized carbons (Fsp3) is 0.556. The molecule has 0 aromatic carbocycles. The van der Waals surface area contributed by atoms with E-state index in [9.17, 15) is 0 Å². The van der Waals surface area contributed by atoms with E-state index in [1.165, 1.54) is 0 Å². The average Bonchev–Trinajstić information content (AvgIpc) is 2.07. The van der Waals surface area contributed by atoms with Crippen LogP contribution in [0.3, 0.4) is 0 Å². The van der Waals surface area contributed by atoms with Crippen LogP contribution in [0.5, 0.6) is 0 Å². The molecule has 1 atom stereocenters. The maximum absolute atomic E-state index is 4.92. The van der Waals surface area contributed by atoms with Gasteiger partial charge in [0.05, 0.1) is 7.11 Å². The zero-order valence-electron chi connectivity index (χ0n) is 8.27. The number of quaternary nitrogens is 1. The number of nitrogens with one attached hydrogen (secondary N) is 1. The van der Waals surface area contributed by atoms with Gasteiger partial charge in [-0.25, -0.2) is 4.84 Å². The van der Waals surface area contributed by atoms with Gasteiger partial charge in [-0.2, -0.15) is 5.06 Å². The smallest absolute Gasteiger partial charge is 0.129 e. The van der Waals surface area contributed by atoms with Gasteiger partial charge < -0.3 is 0 Å². The lowest BCUT2D eigenvalue weighted by atomic mass is 10.3. The average molecular weight is 158 g/mol. The molecule has 11 heavy (non-hydrogen) atoms. The maximum Gasteiger partial charge on any atom is 0.129 e. The SMILES string of the molecule is C=C/C(C)=C\[NH+](C)OC.CC. The third kappa shape index (κ3) is 9.40. The summed E-state index contributed by atoms with van der Waals surface area (Å²) in [5.74, 6) is 0. The van der Waals surface area contributed by atoms with Crippen LogP contribution in [0.2, 0.25) is 0 Å². The summed E-state index contributed by atoms with van der Waals surface area (Å²) in [6.07, 6.45) is 3.73. The summed E-state index contributed by atoms with van der Waals surface area (Å²) in [5.41, 5.74) is 1.12. The van der Waals surface area contributed by atoms with Gasteiger partial charge in [-0.15, -0.1) is 0 Å². The van der Waals surface area contributed by atoms with E-state index < -0.39 is 0 Å². The van der Waals surface area contributed by atoms with E-state index in [-0.39, 0.29) is 0 Å². The minimum absolute atomic E-state index is 0.910. The molecule has 0 saturated carbocycles. The zero-order chi connectivity index (χ0) is 9.28. The number of hydroxylamine groups is 2. The Kier molecular flexibility index (Phi) is 11.1. The molecule has 0 aliphatic heterocycles. The lowest BCUT2D eigenvalue weighted by Gasteiger charge is -2.01. The van der Waals surface area contributed by atoms with Crippen LogP contribution < -0.4 is 5.06 Å². The lowest BCUT2D eigenvalue weighted by Crippen LogP contribution is -3.02. The first-order valence-electron chi connectivity index (χ1n) is 3.89. The third-order valence-electron chi connectivity index (χ3n) is 1.07. The van der Waals surface area contributed by atoms with Gasteiger partial charge in [0.25, 0.3) is 0 Å². The van der Waals surface area contributed by atoms with Crippen LogP contribution >= 0.6 is 0 Å². The number of hydrogen-bond donors (Lipinski definition) is 1. The summed E-state index contributed by atoms with van der Waals surface area (Å²) >= 11 is 0. The molecule has 2 nitrogen and oxygen atoms in total. The Hall–Kier alpha value is -0.600. The Balaban J connectivity index is 0. The van der Waals surface area contributed by atoms with Gasteiger partial charge in [-0.1, -0.05) is 26.5 Å². The van der Waals surface area contributed by atoms with E-state index in [1.54, 1.807) is 13.2 Å². The van der Waals surface area contributed by atoms with E-state index in [1.807, 2.05) is 34.0 Å². The van der Waals surface area contributed by atoms with Crippen molar-refractivity contribution in [1.82, 2.24) is 0 Å². The number of rotatable bonds is 3. The minimum atomic E-state index is 0.910. The standard InChI is InChI=1S/C7H13NO.C2H6/c1-5-7(2)6-8(3)9-4;1-2/h5-6H,1H2,2-4H3;1-2H3/p+1/b7-6-;. The summed E-state index contributed by atoms with van der Waals surface area (Å²) in [4.78, 5) is 4.92. The van der Waals surface area contributed by atoms with Gasteiger partial charge in [0.15, 0.2) is 0 Å². The predicted octanol–water partition coefficient (Wildman–Crippen LogP) is 1.18.